The Kier molecular flexibility index (Phi) is 5.50. The fraction of sp³-hybridized carbons (Fsp3) is 0.233. The number of aromatic nitrogens is 4. The van der Waals surface area contributed by atoms with E-state index >= 15 is 0 Å². The third-order valence-corrected chi connectivity index (χ3v) is 11.8. The fourth-order valence-electron chi connectivity index (χ4n) is 10.2. The van der Waals surface area contributed by atoms with E-state index in [0.29, 0.717) is 23.0 Å². The summed E-state index contributed by atoms with van der Waals surface area (Å²) in [7, 11) is 0. The predicted molar refractivity (Wildman–Crippen MR) is 192 cm³/mol. The van der Waals surface area contributed by atoms with E-state index < -0.39 is 0 Å². The summed E-state index contributed by atoms with van der Waals surface area (Å²) >= 11 is 0. The van der Waals surface area contributed by atoms with Gasteiger partial charge in [0.25, 0.3) is 0 Å². The molecule has 5 heteroatoms. The first-order valence-corrected chi connectivity index (χ1v) is 17.5. The number of hydrogen-bond acceptors (Lipinski definition) is 4. The molecule has 0 spiro atoms. The zero-order chi connectivity index (χ0) is 31.4. The summed E-state index contributed by atoms with van der Waals surface area (Å²) < 4.78 is 8.66. The Morgan fingerprint density at radius 3 is 1.81 bits per heavy atom. The molecule has 0 radical (unpaired) electrons. The van der Waals surface area contributed by atoms with E-state index in [1.54, 1.807) is 0 Å². The molecule has 48 heavy (non-hydrogen) atoms. The molecule has 4 aliphatic rings. The van der Waals surface area contributed by atoms with Crippen LogP contribution in [0.25, 0.3) is 72.5 Å². The molecule has 0 atom stereocenters. The summed E-state index contributed by atoms with van der Waals surface area (Å²) in [5, 5.41) is 4.50. The van der Waals surface area contributed by atoms with Crippen molar-refractivity contribution in [2.45, 2.75) is 43.9 Å². The van der Waals surface area contributed by atoms with Crippen LogP contribution in [0.2, 0.25) is 0 Å². The van der Waals surface area contributed by atoms with Gasteiger partial charge in [-0.05, 0) is 91.5 Å². The van der Waals surface area contributed by atoms with Gasteiger partial charge in [0.05, 0.1) is 16.6 Å². The van der Waals surface area contributed by atoms with E-state index in [9.17, 15) is 0 Å². The maximum Gasteiger partial charge on any atom is 0.238 e. The van der Waals surface area contributed by atoms with Gasteiger partial charge in [0.1, 0.15) is 11.2 Å². The van der Waals surface area contributed by atoms with E-state index in [2.05, 4.69) is 108 Å². The second-order valence-corrected chi connectivity index (χ2v) is 14.7. The number of benzene rings is 5. The van der Waals surface area contributed by atoms with E-state index in [-0.39, 0.29) is 0 Å². The number of fused-ring (bicyclic) bond motifs is 6. The Morgan fingerprint density at radius 1 is 0.542 bits per heavy atom. The topological polar surface area (TPSA) is 56.7 Å². The van der Waals surface area contributed by atoms with Crippen LogP contribution in [0.15, 0.2) is 120 Å². The van der Waals surface area contributed by atoms with Crippen LogP contribution in [0.4, 0.5) is 0 Å². The Morgan fingerprint density at radius 2 is 1.12 bits per heavy atom. The fourth-order valence-corrected chi connectivity index (χ4v) is 10.2. The van der Waals surface area contributed by atoms with Crippen molar-refractivity contribution in [2.24, 2.45) is 17.8 Å². The van der Waals surface area contributed by atoms with Gasteiger partial charge in [0.2, 0.25) is 5.95 Å². The minimum Gasteiger partial charge on any atom is -0.455 e. The van der Waals surface area contributed by atoms with Gasteiger partial charge >= 0.3 is 0 Å². The standard InChI is InChI=1S/C43H34N4O/c1-4-13-36-31(8-1)32-9-2-5-14-37(32)47(36)42-45-40(29-16-18-30(19-17-29)43-23-26-20-27(24-43)22-28(21-26)25-43)44-41(46-42)35-12-7-11-34-33-10-3-6-15-38(33)48-39(34)35/h1-19,26-28H,20-25H2. The van der Waals surface area contributed by atoms with Crippen molar-refractivity contribution < 1.29 is 4.42 Å². The number of furan rings is 1. The van der Waals surface area contributed by atoms with E-state index in [1.165, 1.54) is 54.9 Å². The number of hydrogen-bond donors (Lipinski definition) is 0. The first-order valence-electron chi connectivity index (χ1n) is 17.5. The molecule has 5 aromatic carbocycles. The molecule has 4 bridgehead atoms. The largest absolute Gasteiger partial charge is 0.455 e. The Bertz CT molecular complexity index is 2470. The molecule has 0 amide bonds. The molecule has 0 aliphatic heterocycles. The molecular formula is C43H34N4O. The summed E-state index contributed by atoms with van der Waals surface area (Å²) in [5.74, 6) is 4.62. The number of nitrogens with zero attached hydrogens (tertiary/aromatic N) is 4. The highest BCUT2D eigenvalue weighted by atomic mass is 16.3. The normalized spacial score (nSPS) is 23.2. The third-order valence-electron chi connectivity index (χ3n) is 11.8. The zero-order valence-electron chi connectivity index (χ0n) is 26.6. The van der Waals surface area contributed by atoms with Gasteiger partial charge in [0.15, 0.2) is 11.6 Å². The maximum absolute atomic E-state index is 6.48. The number of rotatable bonds is 4. The van der Waals surface area contributed by atoms with Gasteiger partial charge in [-0.3, -0.25) is 4.57 Å². The Labute approximate surface area is 278 Å². The van der Waals surface area contributed by atoms with Gasteiger partial charge in [0, 0.05) is 27.1 Å². The summed E-state index contributed by atoms with van der Waals surface area (Å²) in [6.07, 6.45) is 8.42. The van der Waals surface area contributed by atoms with Gasteiger partial charge in [-0.2, -0.15) is 9.97 Å². The van der Waals surface area contributed by atoms with Crippen LogP contribution in [0.3, 0.4) is 0 Å². The highest BCUT2D eigenvalue weighted by Crippen LogP contribution is 2.60. The van der Waals surface area contributed by atoms with Gasteiger partial charge in [-0.25, -0.2) is 4.98 Å². The molecule has 3 aromatic heterocycles. The van der Waals surface area contributed by atoms with Crippen molar-refractivity contribution in [3.8, 4) is 28.7 Å². The minimum absolute atomic E-state index is 0.350. The zero-order valence-corrected chi connectivity index (χ0v) is 26.6. The summed E-state index contributed by atoms with van der Waals surface area (Å²) in [5.41, 5.74) is 7.52. The van der Waals surface area contributed by atoms with Gasteiger partial charge < -0.3 is 4.42 Å². The van der Waals surface area contributed by atoms with Crippen LogP contribution >= 0.6 is 0 Å². The van der Waals surface area contributed by atoms with Crippen LogP contribution in [-0.4, -0.2) is 19.5 Å². The molecular weight excluding hydrogens is 589 g/mol. The molecule has 0 unspecified atom stereocenters. The SMILES string of the molecule is c1ccc2c(c1)oc1c(-c3nc(-c4ccc(C56CC7CC(CC(C7)C5)C6)cc4)nc(-n4c5ccccc5c5ccccc54)n3)cccc12. The van der Waals surface area contributed by atoms with Crippen molar-refractivity contribution in [3.63, 3.8) is 0 Å². The van der Waals surface area contributed by atoms with E-state index in [1.807, 2.05) is 12.1 Å². The maximum atomic E-state index is 6.48. The lowest BCUT2D eigenvalue weighted by Crippen LogP contribution is -2.48. The van der Waals surface area contributed by atoms with Crippen LogP contribution in [-0.2, 0) is 5.41 Å². The minimum atomic E-state index is 0.350. The smallest absolute Gasteiger partial charge is 0.238 e. The first-order chi connectivity index (χ1) is 23.7. The summed E-state index contributed by atoms with van der Waals surface area (Å²) in [6.45, 7) is 0. The van der Waals surface area contributed by atoms with E-state index in [4.69, 9.17) is 19.4 Å². The summed E-state index contributed by atoms with van der Waals surface area (Å²) in [4.78, 5) is 15.6. The Balaban J connectivity index is 1.12. The van der Waals surface area contributed by atoms with Gasteiger partial charge in [-0.1, -0.05) is 91.0 Å². The highest BCUT2D eigenvalue weighted by molar-refractivity contribution is 6.10. The quantitative estimate of drug-likeness (QED) is 0.196. The second kappa shape index (κ2) is 9.86. The molecule has 4 fully saturated rings. The molecule has 0 N–H and O–H groups in total. The average Bonchev–Trinajstić information content (AvgIpc) is 3.67. The van der Waals surface area contributed by atoms with Crippen molar-refractivity contribution in [3.05, 3.63) is 121 Å². The van der Waals surface area contributed by atoms with Crippen molar-refractivity contribution in [1.29, 1.82) is 0 Å². The van der Waals surface area contributed by atoms with E-state index in [0.717, 1.165) is 61.9 Å². The average molecular weight is 623 g/mol. The lowest BCUT2D eigenvalue weighted by atomic mass is 9.48. The highest BCUT2D eigenvalue weighted by Gasteiger charge is 2.51. The molecule has 5 nitrogen and oxygen atoms in total. The lowest BCUT2D eigenvalue weighted by Gasteiger charge is -2.57. The summed E-state index contributed by atoms with van der Waals surface area (Å²) in [6, 6.07) is 40.7. The Hall–Kier alpha value is -5.29. The molecule has 232 valence electrons. The molecule has 0 saturated heterocycles. The predicted octanol–water partition coefficient (Wildman–Crippen LogP) is 10.7. The molecule has 12 rings (SSSR count). The first kappa shape index (κ1) is 26.7. The number of para-hydroxylation sites is 4. The molecule has 8 aromatic rings. The van der Waals surface area contributed by atoms with Crippen LogP contribution < -0.4 is 0 Å². The van der Waals surface area contributed by atoms with Crippen LogP contribution in [0.5, 0.6) is 0 Å². The second-order valence-electron chi connectivity index (χ2n) is 14.7. The monoisotopic (exact) mass is 622 g/mol. The van der Waals surface area contributed by atoms with Crippen molar-refractivity contribution >= 4 is 43.7 Å². The molecule has 4 saturated carbocycles. The lowest BCUT2D eigenvalue weighted by molar-refractivity contribution is -0.00518. The van der Waals surface area contributed by atoms with Crippen molar-refractivity contribution in [2.75, 3.05) is 0 Å². The van der Waals surface area contributed by atoms with Crippen molar-refractivity contribution in [1.82, 2.24) is 19.5 Å². The van der Waals surface area contributed by atoms with Crippen LogP contribution in [0, 0.1) is 17.8 Å². The molecule has 3 heterocycles. The molecule has 4 aliphatic carbocycles. The van der Waals surface area contributed by atoms with Gasteiger partial charge in [-0.15, -0.1) is 0 Å². The van der Waals surface area contributed by atoms with Crippen LogP contribution in [0.1, 0.15) is 44.1 Å². The third kappa shape index (κ3) is 3.88.